The first-order valence-corrected chi connectivity index (χ1v) is 7.03. The van der Waals surface area contributed by atoms with Crippen molar-refractivity contribution in [2.75, 3.05) is 7.11 Å². The van der Waals surface area contributed by atoms with E-state index in [1.165, 1.54) is 0 Å². The molecule has 0 aliphatic heterocycles. The minimum Gasteiger partial charge on any atom is -0.497 e. The van der Waals surface area contributed by atoms with Gasteiger partial charge >= 0.3 is 7.25 Å². The van der Waals surface area contributed by atoms with Crippen LogP contribution in [0.5, 0.6) is 5.75 Å². The second-order valence-corrected chi connectivity index (χ2v) is 4.76. The van der Waals surface area contributed by atoms with E-state index >= 15 is 0 Å². The van der Waals surface area contributed by atoms with Gasteiger partial charge in [0.05, 0.1) is 7.11 Å². The molecule has 2 aromatic carbocycles. The maximum atomic E-state index is 9.75. The quantitative estimate of drug-likeness (QED) is 0.400. The Balaban J connectivity index is 0.000000368. The molecule has 0 bridgehead atoms. The van der Waals surface area contributed by atoms with Crippen LogP contribution in [0.3, 0.4) is 0 Å². The predicted octanol–water partition coefficient (Wildman–Crippen LogP) is 4.06. The zero-order chi connectivity index (χ0) is 17.6. The van der Waals surface area contributed by atoms with Crippen LogP contribution in [-0.4, -0.2) is 18.9 Å². The van der Waals surface area contributed by atoms with E-state index < -0.39 is 7.25 Å². The zero-order valence-electron chi connectivity index (χ0n) is 12.8. The summed E-state index contributed by atoms with van der Waals surface area (Å²) in [5, 5.41) is 0. The number of hydrogen-bond acceptors (Lipinski definition) is 1. The summed E-state index contributed by atoms with van der Waals surface area (Å²) in [6.07, 6.45) is 6.11. The van der Waals surface area contributed by atoms with Gasteiger partial charge in [0.25, 0.3) is 6.33 Å². The molecule has 0 spiro atoms. The van der Waals surface area contributed by atoms with Crippen molar-refractivity contribution in [2.24, 2.45) is 0 Å². The number of aromatic nitrogens is 2. The third-order valence-corrected chi connectivity index (χ3v) is 3.04. The molecular weight excluding hydrogens is 323 g/mol. The average molecular weight is 338 g/mol. The van der Waals surface area contributed by atoms with E-state index in [9.17, 15) is 17.3 Å². The fourth-order valence-electron chi connectivity index (χ4n) is 2.03. The van der Waals surface area contributed by atoms with E-state index in [0.717, 1.165) is 17.1 Å². The molecule has 24 heavy (non-hydrogen) atoms. The van der Waals surface area contributed by atoms with Gasteiger partial charge in [-0.1, -0.05) is 24.3 Å². The molecule has 0 aliphatic carbocycles. The van der Waals surface area contributed by atoms with E-state index in [2.05, 4.69) is 27.3 Å². The highest BCUT2D eigenvalue weighted by Crippen LogP contribution is 2.15. The van der Waals surface area contributed by atoms with Gasteiger partial charge in [-0.2, -0.15) is 0 Å². The summed E-state index contributed by atoms with van der Waals surface area (Å²) in [5.41, 5.74) is 2.22. The minimum atomic E-state index is -6.00. The Hall–Kier alpha value is -2.77. The van der Waals surface area contributed by atoms with Crippen molar-refractivity contribution in [1.29, 1.82) is 0 Å². The summed E-state index contributed by atoms with van der Waals surface area (Å²) in [7, 11) is -4.32. The van der Waals surface area contributed by atoms with Gasteiger partial charge in [0, 0.05) is 6.07 Å². The summed E-state index contributed by atoms with van der Waals surface area (Å²) >= 11 is 0. The molecule has 0 amide bonds. The van der Waals surface area contributed by atoms with Crippen LogP contribution >= 0.6 is 0 Å². The number of imidazole rings is 1. The number of ether oxygens (including phenoxy) is 1. The van der Waals surface area contributed by atoms with Crippen molar-refractivity contribution in [3.8, 4) is 17.1 Å². The Labute approximate surface area is 136 Å². The van der Waals surface area contributed by atoms with Crippen molar-refractivity contribution >= 4 is 7.25 Å². The highest BCUT2D eigenvalue weighted by Gasteiger charge is 2.20. The Kier molecular flexibility index (Phi) is 5.62. The van der Waals surface area contributed by atoms with Crippen molar-refractivity contribution in [2.45, 2.75) is 0 Å². The van der Waals surface area contributed by atoms with Crippen LogP contribution < -0.4 is 9.30 Å². The summed E-state index contributed by atoms with van der Waals surface area (Å²) < 4.78 is 48.4. The number of methoxy groups -OCH3 is 1. The molecule has 3 nitrogen and oxygen atoms in total. The number of hydrogen-bond donors (Lipinski definition) is 0. The SMILES string of the molecule is COc1cccc(-n2cc[n+](-c3ccccc3)c2)c1.F[B-](F)(F)F. The van der Waals surface area contributed by atoms with Crippen LogP contribution in [0, 0.1) is 0 Å². The lowest BCUT2D eigenvalue weighted by atomic mass is 10.3. The Morgan fingerprint density at radius 1 is 0.958 bits per heavy atom. The van der Waals surface area contributed by atoms with E-state index in [-0.39, 0.29) is 0 Å². The van der Waals surface area contributed by atoms with Gasteiger partial charge in [0.1, 0.15) is 29.5 Å². The normalized spacial score (nSPS) is 10.7. The third-order valence-electron chi connectivity index (χ3n) is 3.04. The minimum absolute atomic E-state index is 0.859. The Morgan fingerprint density at radius 2 is 1.62 bits per heavy atom. The summed E-state index contributed by atoms with van der Waals surface area (Å²) in [4.78, 5) is 0. The molecule has 0 saturated heterocycles. The number of benzene rings is 2. The standard InChI is InChI=1S/C16H15N2O.BF4/c1-19-16-9-5-8-15(12-16)18-11-10-17(13-18)14-6-3-2-4-7-14;2-1(3,4)5/h2-13H,1H3;/q+1;-1. The lowest BCUT2D eigenvalue weighted by Crippen LogP contribution is -2.27. The third kappa shape index (κ3) is 5.46. The monoisotopic (exact) mass is 338 g/mol. The number of nitrogens with zero attached hydrogens (tertiary/aromatic N) is 2. The predicted molar refractivity (Wildman–Crippen MR) is 84.0 cm³/mol. The average Bonchev–Trinajstić information content (AvgIpc) is 3.04. The molecule has 0 fully saturated rings. The van der Waals surface area contributed by atoms with Gasteiger partial charge in [-0.3, -0.25) is 0 Å². The Bertz CT molecular complexity index is 769. The molecule has 3 rings (SSSR count). The molecule has 0 atom stereocenters. The van der Waals surface area contributed by atoms with Crippen LogP contribution in [0.25, 0.3) is 11.4 Å². The largest absolute Gasteiger partial charge is 0.673 e. The summed E-state index contributed by atoms with van der Waals surface area (Å²) in [6.45, 7) is 0. The molecule has 0 N–H and O–H groups in total. The molecule has 1 heterocycles. The summed E-state index contributed by atoms with van der Waals surface area (Å²) in [5.74, 6) is 0.859. The van der Waals surface area contributed by atoms with Gasteiger partial charge in [-0.25, -0.2) is 9.13 Å². The topological polar surface area (TPSA) is 18.0 Å². The van der Waals surface area contributed by atoms with Crippen LogP contribution in [-0.2, 0) is 0 Å². The molecular formula is C16H15BF4N2O. The van der Waals surface area contributed by atoms with Gasteiger partial charge in [-0.15, -0.1) is 0 Å². The highest BCUT2D eigenvalue weighted by atomic mass is 19.5. The molecule has 0 unspecified atom stereocenters. The van der Waals surface area contributed by atoms with Crippen molar-refractivity contribution in [3.05, 3.63) is 73.3 Å². The van der Waals surface area contributed by atoms with E-state index in [1.807, 2.05) is 55.1 Å². The smallest absolute Gasteiger partial charge is 0.497 e. The van der Waals surface area contributed by atoms with Crippen molar-refractivity contribution in [1.82, 2.24) is 4.57 Å². The van der Waals surface area contributed by atoms with Crippen LogP contribution in [0.4, 0.5) is 17.3 Å². The first-order chi connectivity index (χ1) is 11.4. The summed E-state index contributed by atoms with van der Waals surface area (Å²) in [6, 6.07) is 18.2. The molecule has 8 heteroatoms. The lowest BCUT2D eigenvalue weighted by molar-refractivity contribution is -0.594. The molecule has 0 aliphatic rings. The second kappa shape index (κ2) is 7.67. The fourth-order valence-corrected chi connectivity index (χ4v) is 2.03. The van der Waals surface area contributed by atoms with Crippen LogP contribution in [0.2, 0.25) is 0 Å². The molecule has 0 saturated carbocycles. The van der Waals surface area contributed by atoms with Gasteiger partial charge < -0.3 is 22.0 Å². The fraction of sp³-hybridized carbons (Fsp3) is 0.0625. The first kappa shape index (κ1) is 17.6. The number of para-hydroxylation sites is 1. The van der Waals surface area contributed by atoms with Gasteiger partial charge in [0.2, 0.25) is 0 Å². The molecule has 1 aromatic heterocycles. The number of halogens is 4. The van der Waals surface area contributed by atoms with E-state index in [4.69, 9.17) is 4.74 Å². The molecule has 0 radical (unpaired) electrons. The maximum absolute atomic E-state index is 9.75. The van der Waals surface area contributed by atoms with E-state index in [1.54, 1.807) is 7.11 Å². The highest BCUT2D eigenvalue weighted by molar-refractivity contribution is 6.50. The maximum Gasteiger partial charge on any atom is 0.673 e. The first-order valence-electron chi connectivity index (χ1n) is 7.03. The van der Waals surface area contributed by atoms with Crippen molar-refractivity contribution in [3.63, 3.8) is 0 Å². The number of rotatable bonds is 3. The Morgan fingerprint density at radius 3 is 2.25 bits per heavy atom. The van der Waals surface area contributed by atoms with Crippen molar-refractivity contribution < 1.29 is 26.6 Å². The second-order valence-electron chi connectivity index (χ2n) is 4.76. The van der Waals surface area contributed by atoms with Gasteiger partial charge in [0.15, 0.2) is 0 Å². The molecule has 3 aromatic rings. The van der Waals surface area contributed by atoms with E-state index in [0.29, 0.717) is 0 Å². The van der Waals surface area contributed by atoms with Crippen LogP contribution in [0.15, 0.2) is 73.3 Å². The molecule has 126 valence electrons. The zero-order valence-corrected chi connectivity index (χ0v) is 12.8. The lowest BCUT2D eigenvalue weighted by Gasteiger charge is -2.00. The van der Waals surface area contributed by atoms with Gasteiger partial charge in [-0.05, 0) is 24.3 Å². The van der Waals surface area contributed by atoms with Crippen LogP contribution in [0.1, 0.15) is 0 Å².